The van der Waals surface area contributed by atoms with Gasteiger partial charge in [-0.2, -0.15) is 0 Å². The molecule has 1 aromatic rings. The number of hydrogen-bond acceptors (Lipinski definition) is 4. The van der Waals surface area contributed by atoms with Crippen LogP contribution in [0.4, 0.5) is 0 Å². The second kappa shape index (κ2) is 5.38. The van der Waals surface area contributed by atoms with E-state index in [2.05, 4.69) is 16.3 Å². The fourth-order valence-electron chi connectivity index (χ4n) is 7.14. The van der Waals surface area contributed by atoms with Crippen LogP contribution in [-0.2, 0) is 21.4 Å². The van der Waals surface area contributed by atoms with Crippen LogP contribution in [0.25, 0.3) is 0 Å². The molecule has 2 saturated carbocycles. The van der Waals surface area contributed by atoms with Crippen LogP contribution in [0.1, 0.15) is 56.1 Å². The highest BCUT2D eigenvalue weighted by Gasteiger charge is 2.67. The second-order valence-corrected chi connectivity index (χ2v) is 10.2. The molecule has 1 spiro atoms. The van der Waals surface area contributed by atoms with E-state index in [1.165, 1.54) is 30.5 Å². The van der Waals surface area contributed by atoms with Gasteiger partial charge in [0.2, 0.25) is 5.91 Å². The van der Waals surface area contributed by atoms with E-state index in [0.717, 1.165) is 44.7 Å². The van der Waals surface area contributed by atoms with Gasteiger partial charge in [-0.15, -0.1) is 0 Å². The summed E-state index contributed by atoms with van der Waals surface area (Å²) in [6.07, 6.45) is 7.25. The van der Waals surface area contributed by atoms with Crippen LogP contribution in [0.3, 0.4) is 0 Å². The third kappa shape index (κ3) is 2.17. The van der Waals surface area contributed by atoms with Gasteiger partial charge in [0.1, 0.15) is 5.75 Å². The van der Waals surface area contributed by atoms with Crippen molar-refractivity contribution in [2.24, 2.45) is 11.3 Å². The van der Waals surface area contributed by atoms with Gasteiger partial charge in [0, 0.05) is 18.5 Å². The van der Waals surface area contributed by atoms with Gasteiger partial charge in [-0.3, -0.25) is 9.59 Å². The average Bonchev–Trinajstić information content (AvgIpc) is 3.36. The molecule has 1 amide bonds. The highest BCUT2D eigenvalue weighted by molar-refractivity contribution is 6.10. The van der Waals surface area contributed by atoms with Crippen LogP contribution in [0.15, 0.2) is 18.2 Å². The lowest BCUT2D eigenvalue weighted by Gasteiger charge is -2.60. The van der Waals surface area contributed by atoms with Gasteiger partial charge in [-0.05, 0) is 86.1 Å². The number of benzene rings is 1. The summed E-state index contributed by atoms with van der Waals surface area (Å²) in [6.45, 7) is 3.34. The number of aromatic hydroxyl groups is 1. The van der Waals surface area contributed by atoms with E-state index in [-0.39, 0.29) is 28.9 Å². The Morgan fingerprint density at radius 3 is 2.79 bits per heavy atom. The van der Waals surface area contributed by atoms with Crippen molar-refractivity contribution < 1.29 is 14.7 Å². The zero-order chi connectivity index (χ0) is 19.1. The first kappa shape index (κ1) is 17.0. The molecule has 0 bridgehead atoms. The van der Waals surface area contributed by atoms with Gasteiger partial charge < -0.3 is 15.3 Å². The van der Waals surface area contributed by atoms with Crippen molar-refractivity contribution in [1.29, 1.82) is 0 Å². The van der Waals surface area contributed by atoms with Gasteiger partial charge in [-0.25, -0.2) is 0 Å². The SMILES string of the molecule is O=C1CC(=O)[C@]2(CC[C@@]34Cc5ccc(O)cc5[C@@]3(CCN(CC3CC3)C4)C2)N1. The minimum atomic E-state index is -0.688. The van der Waals surface area contributed by atoms with E-state index in [0.29, 0.717) is 12.2 Å². The summed E-state index contributed by atoms with van der Waals surface area (Å²) < 4.78 is 0. The summed E-state index contributed by atoms with van der Waals surface area (Å²) in [6, 6.07) is 5.84. The predicted molar refractivity (Wildman–Crippen MR) is 104 cm³/mol. The molecular formula is C23H28N2O3. The smallest absolute Gasteiger partial charge is 0.228 e. The molecule has 6 rings (SSSR count). The molecule has 28 heavy (non-hydrogen) atoms. The molecule has 2 saturated heterocycles. The van der Waals surface area contributed by atoms with Crippen molar-refractivity contribution in [1.82, 2.24) is 10.2 Å². The van der Waals surface area contributed by atoms with Crippen LogP contribution in [0.2, 0.25) is 0 Å². The zero-order valence-corrected chi connectivity index (χ0v) is 16.3. The molecule has 4 fully saturated rings. The monoisotopic (exact) mass is 380 g/mol. The highest BCUT2D eigenvalue weighted by atomic mass is 16.3. The number of carbonyl (C=O) groups excluding carboxylic acids is 2. The van der Waals surface area contributed by atoms with E-state index in [1.54, 1.807) is 6.07 Å². The first-order chi connectivity index (χ1) is 13.4. The quantitative estimate of drug-likeness (QED) is 0.773. The second-order valence-electron chi connectivity index (χ2n) is 10.2. The maximum atomic E-state index is 12.9. The zero-order valence-electron chi connectivity index (χ0n) is 16.3. The van der Waals surface area contributed by atoms with Crippen molar-refractivity contribution >= 4 is 11.7 Å². The summed E-state index contributed by atoms with van der Waals surface area (Å²) >= 11 is 0. The van der Waals surface area contributed by atoms with Crippen LogP contribution in [-0.4, -0.2) is 46.9 Å². The Bertz CT molecular complexity index is 894. The van der Waals surface area contributed by atoms with E-state index in [9.17, 15) is 14.7 Å². The number of nitrogens with zero attached hydrogens (tertiary/aromatic N) is 1. The van der Waals surface area contributed by atoms with Gasteiger partial charge in [-0.1, -0.05) is 6.07 Å². The number of amides is 1. The molecule has 5 aliphatic rings. The fraction of sp³-hybridized carbons (Fsp3) is 0.652. The molecule has 2 N–H and O–H groups in total. The van der Waals surface area contributed by atoms with E-state index >= 15 is 0 Å². The fourth-order valence-corrected chi connectivity index (χ4v) is 7.14. The minimum absolute atomic E-state index is 0.0315. The number of phenols is 1. The van der Waals surface area contributed by atoms with Gasteiger partial charge >= 0.3 is 0 Å². The molecule has 2 heterocycles. The molecule has 1 aromatic carbocycles. The first-order valence-corrected chi connectivity index (χ1v) is 10.8. The number of Topliss-reactive ketones (excluding diaryl/α,β-unsaturated/α-hetero) is 1. The number of likely N-dealkylation sites (tertiary alicyclic amines) is 1. The first-order valence-electron chi connectivity index (χ1n) is 10.8. The summed E-state index contributed by atoms with van der Waals surface area (Å²) in [4.78, 5) is 27.6. The Hall–Kier alpha value is -1.88. The largest absolute Gasteiger partial charge is 0.508 e. The van der Waals surface area contributed by atoms with Crippen molar-refractivity contribution in [2.45, 2.75) is 62.3 Å². The maximum Gasteiger partial charge on any atom is 0.228 e. The Balaban J connectivity index is 1.44. The third-order valence-corrected chi connectivity index (χ3v) is 8.61. The summed E-state index contributed by atoms with van der Waals surface area (Å²) in [5.74, 6) is 1.15. The van der Waals surface area contributed by atoms with Gasteiger partial charge in [0.05, 0.1) is 12.0 Å². The number of phenolic OH excluding ortho intramolecular Hbond substituents is 1. The van der Waals surface area contributed by atoms with Crippen molar-refractivity contribution in [3.05, 3.63) is 29.3 Å². The predicted octanol–water partition coefficient (Wildman–Crippen LogP) is 2.30. The lowest BCUT2D eigenvalue weighted by molar-refractivity contribution is -0.128. The van der Waals surface area contributed by atoms with Gasteiger partial charge in [0.15, 0.2) is 5.78 Å². The molecule has 0 radical (unpaired) electrons. The number of hydrogen-bond donors (Lipinski definition) is 2. The summed E-state index contributed by atoms with van der Waals surface area (Å²) in [5.41, 5.74) is 1.89. The normalized spacial score (nSPS) is 39.6. The number of rotatable bonds is 2. The van der Waals surface area contributed by atoms with Crippen molar-refractivity contribution in [3.8, 4) is 5.75 Å². The van der Waals surface area contributed by atoms with Crippen LogP contribution < -0.4 is 5.32 Å². The molecule has 3 atom stereocenters. The lowest BCUT2D eigenvalue weighted by Crippen LogP contribution is -2.65. The number of ketones is 1. The Morgan fingerprint density at radius 2 is 2.04 bits per heavy atom. The Morgan fingerprint density at radius 1 is 1.18 bits per heavy atom. The molecule has 5 heteroatoms. The molecule has 0 unspecified atom stereocenters. The molecule has 0 aromatic heterocycles. The van der Waals surface area contributed by atoms with Crippen LogP contribution in [0, 0.1) is 11.3 Å². The molecular weight excluding hydrogens is 352 g/mol. The van der Waals surface area contributed by atoms with Crippen molar-refractivity contribution in [2.75, 3.05) is 19.6 Å². The topological polar surface area (TPSA) is 69.6 Å². The lowest BCUT2D eigenvalue weighted by atomic mass is 9.49. The highest BCUT2D eigenvalue weighted by Crippen LogP contribution is 2.65. The summed E-state index contributed by atoms with van der Waals surface area (Å²) in [5, 5.41) is 13.3. The standard InChI is InChI=1S/C23H28N2O3/c26-17-4-3-16-11-21-5-6-23(19(27)10-20(28)24-23)13-22(21,18(16)9-17)7-8-25(14-21)12-15-1-2-15/h3-4,9,15,26H,1-2,5-8,10-14H2,(H,24,28)/t21-,22+,23+/m0/s1. The number of carbonyl (C=O) groups is 2. The van der Waals surface area contributed by atoms with E-state index in [4.69, 9.17) is 0 Å². The maximum absolute atomic E-state index is 12.9. The molecule has 3 aliphatic carbocycles. The molecule has 2 aliphatic heterocycles. The van der Waals surface area contributed by atoms with Crippen LogP contribution >= 0.6 is 0 Å². The minimum Gasteiger partial charge on any atom is -0.508 e. The van der Waals surface area contributed by atoms with Gasteiger partial charge in [0.25, 0.3) is 0 Å². The molecule has 5 nitrogen and oxygen atoms in total. The van der Waals surface area contributed by atoms with E-state index < -0.39 is 5.54 Å². The number of nitrogens with one attached hydrogen (secondary N) is 1. The number of piperidine rings is 1. The third-order valence-electron chi connectivity index (χ3n) is 8.61. The van der Waals surface area contributed by atoms with E-state index in [1.807, 2.05) is 6.07 Å². The number of fused-ring (bicyclic) bond motifs is 1. The van der Waals surface area contributed by atoms with Crippen molar-refractivity contribution in [3.63, 3.8) is 0 Å². The Labute approximate surface area is 165 Å². The average molecular weight is 380 g/mol. The molecule has 148 valence electrons. The van der Waals surface area contributed by atoms with Crippen LogP contribution in [0.5, 0.6) is 5.75 Å². The summed E-state index contributed by atoms with van der Waals surface area (Å²) in [7, 11) is 0. The Kier molecular flexibility index (Phi) is 3.27.